The first-order chi connectivity index (χ1) is 14.7. The molecule has 6 nitrogen and oxygen atoms in total. The van der Waals surface area contributed by atoms with Gasteiger partial charge in [0.05, 0.1) is 23.9 Å². The van der Waals surface area contributed by atoms with E-state index < -0.39 is 15.7 Å². The lowest BCUT2D eigenvalue weighted by molar-refractivity contribution is 0.0360. The number of hydrogen-bond acceptors (Lipinski definition) is 5. The lowest BCUT2D eigenvalue weighted by Crippen LogP contribution is -2.37. The fraction of sp³-hybridized carbons (Fsp3) is 0.435. The topological polar surface area (TPSA) is 75.7 Å². The highest BCUT2D eigenvalue weighted by Gasteiger charge is 2.21. The lowest BCUT2D eigenvalue weighted by atomic mass is 10.1. The van der Waals surface area contributed by atoms with Gasteiger partial charge in [-0.25, -0.2) is 12.8 Å². The van der Waals surface area contributed by atoms with Gasteiger partial charge in [0.2, 0.25) is 0 Å². The van der Waals surface area contributed by atoms with Crippen molar-refractivity contribution in [3.8, 4) is 0 Å². The Hall–Kier alpha value is -2.29. The van der Waals surface area contributed by atoms with Crippen LogP contribution in [0.1, 0.15) is 29.3 Å². The first kappa shape index (κ1) is 23.4. The van der Waals surface area contributed by atoms with E-state index in [2.05, 4.69) is 10.2 Å². The van der Waals surface area contributed by atoms with Crippen LogP contribution in [-0.2, 0) is 14.6 Å². The molecule has 1 fully saturated rings. The molecule has 0 spiro atoms. The lowest BCUT2D eigenvalue weighted by Gasteiger charge is -2.27. The van der Waals surface area contributed by atoms with Gasteiger partial charge in [0.15, 0.2) is 9.84 Å². The van der Waals surface area contributed by atoms with Gasteiger partial charge in [-0.3, -0.25) is 9.69 Å². The Kier molecular flexibility index (Phi) is 7.80. The van der Waals surface area contributed by atoms with E-state index in [0.29, 0.717) is 11.3 Å². The van der Waals surface area contributed by atoms with E-state index in [0.717, 1.165) is 39.3 Å². The Bertz CT molecular complexity index is 1020. The van der Waals surface area contributed by atoms with Crippen molar-refractivity contribution >= 4 is 21.4 Å². The van der Waals surface area contributed by atoms with E-state index in [1.54, 1.807) is 19.1 Å². The molecule has 31 heavy (non-hydrogen) atoms. The molecule has 1 amide bonds. The number of morpholine rings is 1. The summed E-state index contributed by atoms with van der Waals surface area (Å²) in [6.07, 6.45) is 0.781. The van der Waals surface area contributed by atoms with Crippen LogP contribution in [-0.4, -0.2) is 57.8 Å². The maximum atomic E-state index is 13.4. The van der Waals surface area contributed by atoms with Crippen molar-refractivity contribution < 1.29 is 22.3 Å². The van der Waals surface area contributed by atoms with Crippen LogP contribution in [0.4, 0.5) is 10.1 Å². The van der Waals surface area contributed by atoms with Gasteiger partial charge in [0.1, 0.15) is 5.82 Å². The van der Waals surface area contributed by atoms with E-state index in [1.807, 2.05) is 6.92 Å². The second-order valence-electron chi connectivity index (χ2n) is 8.08. The van der Waals surface area contributed by atoms with Gasteiger partial charge in [-0.1, -0.05) is 13.0 Å². The number of hydrogen-bond donors (Lipinski definition) is 1. The first-order valence-electron chi connectivity index (χ1n) is 10.4. The second kappa shape index (κ2) is 10.3. The highest BCUT2D eigenvalue weighted by atomic mass is 32.2. The number of amides is 1. The zero-order valence-electron chi connectivity index (χ0n) is 17.9. The maximum Gasteiger partial charge on any atom is 0.255 e. The van der Waals surface area contributed by atoms with E-state index in [4.69, 9.17) is 4.74 Å². The zero-order valence-corrected chi connectivity index (χ0v) is 18.8. The molecular weight excluding hydrogens is 419 g/mol. The van der Waals surface area contributed by atoms with Gasteiger partial charge in [-0.15, -0.1) is 0 Å². The zero-order chi connectivity index (χ0) is 22.4. The van der Waals surface area contributed by atoms with E-state index in [9.17, 15) is 17.6 Å². The van der Waals surface area contributed by atoms with Crippen LogP contribution in [0.25, 0.3) is 0 Å². The quantitative estimate of drug-likeness (QED) is 0.669. The summed E-state index contributed by atoms with van der Waals surface area (Å²) in [5.74, 6) is -0.774. The Morgan fingerprint density at radius 3 is 2.65 bits per heavy atom. The molecule has 2 aromatic carbocycles. The van der Waals surface area contributed by atoms with Crippen LogP contribution in [0.2, 0.25) is 0 Å². The molecule has 8 heteroatoms. The van der Waals surface area contributed by atoms with Gasteiger partial charge in [-0.2, -0.15) is 0 Å². The van der Waals surface area contributed by atoms with Crippen molar-refractivity contribution in [2.75, 3.05) is 43.9 Å². The minimum atomic E-state index is -3.53. The molecule has 1 atom stereocenters. The largest absolute Gasteiger partial charge is 0.379 e. The molecule has 0 bridgehead atoms. The molecule has 168 valence electrons. The highest BCUT2D eigenvalue weighted by Crippen LogP contribution is 2.20. The molecule has 1 N–H and O–H groups in total. The molecule has 0 radical (unpaired) electrons. The predicted molar refractivity (Wildman–Crippen MR) is 119 cm³/mol. The van der Waals surface area contributed by atoms with Crippen LogP contribution >= 0.6 is 0 Å². The number of carbonyl (C=O) groups excluding carboxylic acids is 1. The standard InChI is InChI=1S/C23H29FN2O4S/c1-17(8-9-26-10-12-30-13-11-26)16-31(28,29)21-5-3-4-19(15-21)23(27)25-20-6-7-22(24)18(2)14-20/h3-7,14-15,17H,8-13,16H2,1-2H3,(H,25,27). The van der Waals surface area contributed by atoms with E-state index >= 15 is 0 Å². The van der Waals surface area contributed by atoms with Crippen LogP contribution in [0.15, 0.2) is 47.4 Å². The minimum Gasteiger partial charge on any atom is -0.379 e. The van der Waals surface area contributed by atoms with Gasteiger partial charge in [0, 0.05) is 24.3 Å². The summed E-state index contributed by atoms with van der Waals surface area (Å²) in [6.45, 7) is 7.59. The number of ether oxygens (including phenoxy) is 1. The first-order valence-corrected chi connectivity index (χ1v) is 12.1. The Labute approximate surface area is 183 Å². The number of benzene rings is 2. The monoisotopic (exact) mass is 448 g/mol. The number of rotatable bonds is 8. The molecule has 0 aromatic heterocycles. The summed E-state index contributed by atoms with van der Waals surface area (Å²) in [5.41, 5.74) is 1.11. The number of anilines is 1. The number of aryl methyl sites for hydroxylation is 1. The maximum absolute atomic E-state index is 13.4. The van der Waals surface area contributed by atoms with Crippen molar-refractivity contribution in [3.63, 3.8) is 0 Å². The second-order valence-corrected chi connectivity index (χ2v) is 10.1. The third-order valence-corrected chi connectivity index (χ3v) is 7.40. The summed E-state index contributed by atoms with van der Waals surface area (Å²) >= 11 is 0. The molecule has 0 aliphatic carbocycles. The van der Waals surface area contributed by atoms with Gasteiger partial charge < -0.3 is 10.1 Å². The number of nitrogens with zero attached hydrogens (tertiary/aromatic N) is 1. The summed E-state index contributed by atoms with van der Waals surface area (Å²) in [6, 6.07) is 10.3. The average Bonchev–Trinajstić information content (AvgIpc) is 2.75. The average molecular weight is 449 g/mol. The van der Waals surface area contributed by atoms with Crippen LogP contribution in [0, 0.1) is 18.7 Å². The number of sulfone groups is 1. The molecule has 1 heterocycles. The summed E-state index contributed by atoms with van der Waals surface area (Å²) in [7, 11) is -3.53. The Balaban J connectivity index is 1.63. The Morgan fingerprint density at radius 2 is 1.94 bits per heavy atom. The van der Waals surface area contributed by atoms with Crippen molar-refractivity contribution in [2.24, 2.45) is 5.92 Å². The van der Waals surface area contributed by atoms with Gasteiger partial charge in [0.25, 0.3) is 5.91 Å². The van der Waals surface area contributed by atoms with Crippen LogP contribution in [0.5, 0.6) is 0 Å². The highest BCUT2D eigenvalue weighted by molar-refractivity contribution is 7.91. The van der Waals surface area contributed by atoms with Crippen molar-refractivity contribution in [2.45, 2.75) is 25.2 Å². The van der Waals surface area contributed by atoms with E-state index in [-0.39, 0.29) is 27.9 Å². The summed E-state index contributed by atoms with van der Waals surface area (Å²) in [4.78, 5) is 15.0. The molecular formula is C23H29FN2O4S. The van der Waals surface area contributed by atoms with Crippen molar-refractivity contribution in [1.29, 1.82) is 0 Å². The van der Waals surface area contributed by atoms with Gasteiger partial charge >= 0.3 is 0 Å². The fourth-order valence-electron chi connectivity index (χ4n) is 3.54. The third kappa shape index (κ3) is 6.59. The smallest absolute Gasteiger partial charge is 0.255 e. The van der Waals surface area contributed by atoms with Crippen LogP contribution in [0.3, 0.4) is 0 Å². The number of nitrogens with one attached hydrogen (secondary N) is 1. The minimum absolute atomic E-state index is 0.00693. The van der Waals surface area contributed by atoms with Crippen molar-refractivity contribution in [3.05, 3.63) is 59.4 Å². The summed E-state index contributed by atoms with van der Waals surface area (Å²) in [5, 5.41) is 2.69. The van der Waals surface area contributed by atoms with Crippen molar-refractivity contribution in [1.82, 2.24) is 4.90 Å². The molecule has 0 saturated carbocycles. The summed E-state index contributed by atoms with van der Waals surface area (Å²) < 4.78 is 44.6. The number of halogens is 1. The molecule has 1 aliphatic rings. The number of carbonyl (C=O) groups is 1. The molecule has 3 rings (SSSR count). The normalized spacial score (nSPS) is 16.1. The SMILES string of the molecule is Cc1cc(NC(=O)c2cccc(S(=O)(=O)CC(C)CCN3CCOCC3)c2)ccc1F. The van der Waals surface area contributed by atoms with Crippen LogP contribution < -0.4 is 5.32 Å². The molecule has 1 aliphatic heterocycles. The molecule has 2 aromatic rings. The Morgan fingerprint density at radius 1 is 1.19 bits per heavy atom. The van der Waals surface area contributed by atoms with Gasteiger partial charge in [-0.05, 0) is 67.8 Å². The van der Waals surface area contributed by atoms with E-state index in [1.165, 1.54) is 30.3 Å². The predicted octanol–water partition coefficient (Wildman–Crippen LogP) is 3.52. The molecule has 1 saturated heterocycles. The third-order valence-electron chi connectivity index (χ3n) is 5.42. The molecule has 1 unspecified atom stereocenters. The fourth-order valence-corrected chi connectivity index (χ4v) is 5.24.